The minimum absolute atomic E-state index is 0. The van der Waals surface area contributed by atoms with Crippen molar-refractivity contribution in [3.05, 3.63) is 34.9 Å². The van der Waals surface area contributed by atoms with Gasteiger partial charge in [-0.15, -0.1) is 12.4 Å². The monoisotopic (exact) mass is 317 g/mol. The number of nitrogens with zero attached hydrogens (tertiary/aromatic N) is 2. The minimum Gasteiger partial charge on any atom is -0.335 e. The van der Waals surface area contributed by atoms with Crippen molar-refractivity contribution >= 4 is 35.8 Å². The number of hydrogen-bond donors (Lipinski definition) is 1. The van der Waals surface area contributed by atoms with Crippen LogP contribution in [0.4, 0.5) is 0 Å². The lowest BCUT2D eigenvalue weighted by atomic mass is 10.2. The summed E-state index contributed by atoms with van der Waals surface area (Å²) in [6.07, 6.45) is 0. The van der Waals surface area contributed by atoms with E-state index < -0.39 is 0 Å². The Morgan fingerprint density at radius 3 is 2.45 bits per heavy atom. The van der Waals surface area contributed by atoms with Gasteiger partial charge in [-0.05, 0) is 17.7 Å². The van der Waals surface area contributed by atoms with E-state index in [1.807, 2.05) is 12.1 Å². The van der Waals surface area contributed by atoms with Gasteiger partial charge in [0.1, 0.15) is 0 Å². The van der Waals surface area contributed by atoms with E-state index in [9.17, 15) is 9.59 Å². The normalized spacial score (nSPS) is 15.0. The first-order valence-corrected chi connectivity index (χ1v) is 6.48. The van der Waals surface area contributed by atoms with Crippen molar-refractivity contribution in [3.63, 3.8) is 0 Å². The van der Waals surface area contributed by atoms with E-state index >= 15 is 0 Å². The van der Waals surface area contributed by atoms with Gasteiger partial charge in [-0.1, -0.05) is 23.7 Å². The standard InChI is InChI=1S/C13H16ClN3O2.ClH/c14-11-3-1-10(2-4-11)8-16-5-6-17(9-13(16)19)12(18)7-15;/h1-4H,5-9,15H2;1H. The van der Waals surface area contributed by atoms with Gasteiger partial charge in [-0.25, -0.2) is 0 Å². The molecule has 0 bridgehead atoms. The highest BCUT2D eigenvalue weighted by molar-refractivity contribution is 6.30. The molecular weight excluding hydrogens is 301 g/mol. The number of piperazine rings is 1. The summed E-state index contributed by atoms with van der Waals surface area (Å²) in [6.45, 7) is 1.68. The van der Waals surface area contributed by atoms with Crippen molar-refractivity contribution < 1.29 is 9.59 Å². The van der Waals surface area contributed by atoms with Gasteiger partial charge in [0.15, 0.2) is 0 Å². The van der Waals surface area contributed by atoms with Crippen molar-refractivity contribution in [2.75, 3.05) is 26.2 Å². The predicted molar refractivity (Wildman–Crippen MR) is 79.8 cm³/mol. The van der Waals surface area contributed by atoms with E-state index in [2.05, 4.69) is 0 Å². The van der Waals surface area contributed by atoms with Crippen LogP contribution in [0.15, 0.2) is 24.3 Å². The van der Waals surface area contributed by atoms with E-state index in [1.54, 1.807) is 17.0 Å². The molecule has 1 aromatic rings. The fourth-order valence-electron chi connectivity index (χ4n) is 2.03. The van der Waals surface area contributed by atoms with E-state index in [1.165, 1.54) is 4.90 Å². The lowest BCUT2D eigenvalue weighted by Gasteiger charge is -2.34. The quantitative estimate of drug-likeness (QED) is 0.900. The Morgan fingerprint density at radius 1 is 1.25 bits per heavy atom. The van der Waals surface area contributed by atoms with Crippen molar-refractivity contribution in [1.29, 1.82) is 0 Å². The summed E-state index contributed by atoms with van der Waals surface area (Å²) in [5.74, 6) is -0.234. The van der Waals surface area contributed by atoms with Gasteiger partial charge in [-0.2, -0.15) is 0 Å². The number of carbonyl (C=O) groups is 2. The third-order valence-corrected chi connectivity index (χ3v) is 3.38. The van der Waals surface area contributed by atoms with Crippen LogP contribution >= 0.6 is 24.0 Å². The molecule has 2 rings (SSSR count). The molecule has 2 N–H and O–H groups in total. The number of rotatable bonds is 3. The van der Waals surface area contributed by atoms with Gasteiger partial charge < -0.3 is 15.5 Å². The molecule has 0 saturated carbocycles. The average Bonchev–Trinajstić information content (AvgIpc) is 2.42. The summed E-state index contributed by atoms with van der Waals surface area (Å²) in [5.41, 5.74) is 6.32. The molecular formula is C13H17Cl2N3O2. The highest BCUT2D eigenvalue weighted by atomic mass is 35.5. The molecule has 1 aromatic carbocycles. The van der Waals surface area contributed by atoms with Gasteiger partial charge in [0, 0.05) is 24.7 Å². The number of halogens is 2. The second kappa shape index (κ2) is 7.47. The zero-order chi connectivity index (χ0) is 13.8. The second-order valence-electron chi connectivity index (χ2n) is 4.46. The summed E-state index contributed by atoms with van der Waals surface area (Å²) in [5, 5.41) is 0.674. The molecule has 5 nitrogen and oxygen atoms in total. The van der Waals surface area contributed by atoms with E-state index in [0.717, 1.165) is 5.56 Å². The van der Waals surface area contributed by atoms with Crippen LogP contribution in [0.1, 0.15) is 5.56 Å². The predicted octanol–water partition coefficient (Wildman–Crippen LogP) is 0.891. The molecule has 110 valence electrons. The van der Waals surface area contributed by atoms with Gasteiger partial charge in [0.25, 0.3) is 0 Å². The molecule has 1 aliphatic heterocycles. The Bertz CT molecular complexity index is 479. The maximum absolute atomic E-state index is 12.0. The zero-order valence-electron chi connectivity index (χ0n) is 10.9. The Kier molecular flexibility index (Phi) is 6.26. The van der Waals surface area contributed by atoms with Crippen molar-refractivity contribution in [2.45, 2.75) is 6.54 Å². The molecule has 2 amide bonds. The Labute approximate surface area is 129 Å². The third kappa shape index (κ3) is 4.10. The number of amides is 2. The summed E-state index contributed by atoms with van der Waals surface area (Å²) in [7, 11) is 0. The first kappa shape index (κ1) is 16.8. The molecule has 0 aromatic heterocycles. The molecule has 7 heteroatoms. The van der Waals surface area contributed by atoms with Crippen LogP contribution in [0.25, 0.3) is 0 Å². The first-order chi connectivity index (χ1) is 9.10. The fraction of sp³-hybridized carbons (Fsp3) is 0.385. The smallest absolute Gasteiger partial charge is 0.242 e. The molecule has 0 atom stereocenters. The number of benzene rings is 1. The summed E-state index contributed by atoms with van der Waals surface area (Å²) >= 11 is 5.82. The molecule has 0 spiro atoms. The fourth-order valence-corrected chi connectivity index (χ4v) is 2.15. The van der Waals surface area contributed by atoms with Gasteiger partial charge in [0.05, 0.1) is 13.1 Å². The molecule has 1 saturated heterocycles. The van der Waals surface area contributed by atoms with Crippen molar-refractivity contribution in [3.8, 4) is 0 Å². The molecule has 20 heavy (non-hydrogen) atoms. The molecule has 0 unspecified atom stereocenters. The number of hydrogen-bond acceptors (Lipinski definition) is 3. The highest BCUT2D eigenvalue weighted by Gasteiger charge is 2.26. The second-order valence-corrected chi connectivity index (χ2v) is 4.90. The lowest BCUT2D eigenvalue weighted by molar-refractivity contribution is -0.145. The number of carbonyl (C=O) groups excluding carboxylic acids is 2. The average molecular weight is 318 g/mol. The third-order valence-electron chi connectivity index (χ3n) is 3.13. The van der Waals surface area contributed by atoms with Crippen LogP contribution in [-0.2, 0) is 16.1 Å². The van der Waals surface area contributed by atoms with E-state index in [4.69, 9.17) is 17.3 Å². The minimum atomic E-state index is -0.181. The first-order valence-electron chi connectivity index (χ1n) is 6.10. The van der Waals surface area contributed by atoms with Crippen molar-refractivity contribution in [2.24, 2.45) is 5.73 Å². The zero-order valence-corrected chi connectivity index (χ0v) is 12.5. The molecule has 0 radical (unpaired) electrons. The van der Waals surface area contributed by atoms with Gasteiger partial charge in [0.2, 0.25) is 11.8 Å². The maximum atomic E-state index is 12.0. The largest absolute Gasteiger partial charge is 0.335 e. The van der Waals surface area contributed by atoms with Crippen LogP contribution in [0.5, 0.6) is 0 Å². The van der Waals surface area contributed by atoms with Crippen molar-refractivity contribution in [1.82, 2.24) is 9.80 Å². The Balaban J connectivity index is 0.00000200. The molecule has 1 aliphatic rings. The van der Waals surface area contributed by atoms with Gasteiger partial charge in [-0.3, -0.25) is 9.59 Å². The topological polar surface area (TPSA) is 66.6 Å². The van der Waals surface area contributed by atoms with Crippen LogP contribution < -0.4 is 5.73 Å². The molecule has 1 heterocycles. The number of nitrogens with two attached hydrogens (primary N) is 1. The summed E-state index contributed by atoms with van der Waals surface area (Å²) < 4.78 is 0. The van der Waals surface area contributed by atoms with E-state index in [-0.39, 0.29) is 37.3 Å². The summed E-state index contributed by atoms with van der Waals surface area (Å²) in [6, 6.07) is 7.39. The van der Waals surface area contributed by atoms with Crippen LogP contribution in [0, 0.1) is 0 Å². The molecule has 0 aliphatic carbocycles. The van der Waals surface area contributed by atoms with Crippen LogP contribution in [0.3, 0.4) is 0 Å². The van der Waals surface area contributed by atoms with Crippen LogP contribution in [-0.4, -0.2) is 47.8 Å². The maximum Gasteiger partial charge on any atom is 0.242 e. The Hall–Kier alpha value is -1.30. The molecule has 1 fully saturated rings. The highest BCUT2D eigenvalue weighted by Crippen LogP contribution is 2.13. The summed E-state index contributed by atoms with van der Waals surface area (Å²) in [4.78, 5) is 26.6. The van der Waals surface area contributed by atoms with Crippen LogP contribution in [0.2, 0.25) is 5.02 Å². The van der Waals surface area contributed by atoms with Gasteiger partial charge >= 0.3 is 0 Å². The SMILES string of the molecule is Cl.NCC(=O)N1CCN(Cc2ccc(Cl)cc2)C(=O)C1. The Morgan fingerprint density at radius 2 is 1.90 bits per heavy atom. The lowest BCUT2D eigenvalue weighted by Crippen LogP contribution is -2.53. The van der Waals surface area contributed by atoms with E-state index in [0.29, 0.717) is 24.7 Å².